The number of carbonyl (C=O) groups excluding carboxylic acids is 3. The highest BCUT2D eigenvalue weighted by atomic mass is 16.6. The van der Waals surface area contributed by atoms with Crippen LogP contribution in [-0.4, -0.2) is 52.4 Å². The fraction of sp³-hybridized carbons (Fsp3) is 0.394. The van der Waals surface area contributed by atoms with Crippen LogP contribution in [0.3, 0.4) is 0 Å². The molecule has 8 nitrogen and oxygen atoms in total. The molecular weight excluding hydrogens is 522 g/mol. The monoisotopic (exact) mass is 557 g/mol. The van der Waals surface area contributed by atoms with Gasteiger partial charge in [-0.1, -0.05) is 55.8 Å². The number of allylic oxidation sites excluding steroid dienone is 1. The fourth-order valence-electron chi connectivity index (χ4n) is 6.71. The van der Waals surface area contributed by atoms with Crippen molar-refractivity contribution in [3.63, 3.8) is 0 Å². The number of aliphatic hydroxyl groups is 1. The van der Waals surface area contributed by atoms with Crippen molar-refractivity contribution in [1.82, 2.24) is 4.98 Å². The van der Waals surface area contributed by atoms with Gasteiger partial charge in [-0.25, -0.2) is 14.4 Å². The molecule has 1 aliphatic heterocycles. The fourth-order valence-corrected chi connectivity index (χ4v) is 6.71. The number of rotatable bonds is 6. The van der Waals surface area contributed by atoms with Crippen LogP contribution in [0, 0.1) is 16.7 Å². The van der Waals surface area contributed by atoms with Crippen molar-refractivity contribution in [2.75, 3.05) is 6.61 Å². The van der Waals surface area contributed by atoms with Crippen molar-refractivity contribution in [1.29, 1.82) is 0 Å². The van der Waals surface area contributed by atoms with E-state index in [-0.39, 0.29) is 18.1 Å². The summed E-state index contributed by atoms with van der Waals surface area (Å²) in [5.41, 5.74) is -1.25. The first-order chi connectivity index (χ1) is 19.5. The highest BCUT2D eigenvalue weighted by Gasteiger charge is 2.69. The predicted molar refractivity (Wildman–Crippen MR) is 151 cm³/mol. The SMILES string of the molecule is CC1=CCC[C@@H]2[C@]1(C)[C@H](OC(=O)c1ccccc1)[C@@H](OC(=O)c1cccnc1)[C@@](C)(O)[C@@]2(C)/C=C/C1=CC(=O)OC1. The minimum atomic E-state index is -1.70. The lowest BCUT2D eigenvalue weighted by Gasteiger charge is -2.64. The molecule has 0 spiro atoms. The quantitative estimate of drug-likeness (QED) is 0.300. The molecule has 1 saturated carbocycles. The van der Waals surface area contributed by atoms with Gasteiger partial charge >= 0.3 is 17.9 Å². The Bertz CT molecular complexity index is 1430. The number of benzene rings is 1. The van der Waals surface area contributed by atoms with Crippen LogP contribution in [-0.2, 0) is 19.0 Å². The number of esters is 3. The normalized spacial score (nSPS) is 32.9. The van der Waals surface area contributed by atoms with Gasteiger partial charge < -0.3 is 19.3 Å². The lowest BCUT2D eigenvalue weighted by molar-refractivity contribution is -0.251. The summed E-state index contributed by atoms with van der Waals surface area (Å²) in [7, 11) is 0. The van der Waals surface area contributed by atoms with Gasteiger partial charge in [0.1, 0.15) is 12.2 Å². The Morgan fingerprint density at radius 2 is 1.71 bits per heavy atom. The Kier molecular flexibility index (Phi) is 7.46. The largest absolute Gasteiger partial charge is 0.458 e. The van der Waals surface area contributed by atoms with Crippen LogP contribution in [0.1, 0.15) is 61.3 Å². The second kappa shape index (κ2) is 10.7. The number of carbonyl (C=O) groups is 3. The molecule has 2 aliphatic carbocycles. The molecule has 1 fully saturated rings. The Labute approximate surface area is 239 Å². The zero-order valence-electron chi connectivity index (χ0n) is 23.7. The minimum absolute atomic E-state index is 0.144. The van der Waals surface area contributed by atoms with Gasteiger partial charge in [-0.15, -0.1) is 0 Å². The van der Waals surface area contributed by atoms with E-state index in [9.17, 15) is 19.5 Å². The molecule has 214 valence electrons. The summed E-state index contributed by atoms with van der Waals surface area (Å²) >= 11 is 0. The zero-order valence-corrected chi connectivity index (χ0v) is 23.7. The number of hydrogen-bond donors (Lipinski definition) is 1. The van der Waals surface area contributed by atoms with E-state index in [1.165, 1.54) is 12.3 Å². The van der Waals surface area contributed by atoms with E-state index in [0.717, 1.165) is 12.0 Å². The van der Waals surface area contributed by atoms with Crippen LogP contribution in [0.4, 0.5) is 0 Å². The second-order valence-electron chi connectivity index (χ2n) is 11.6. The Balaban J connectivity index is 1.64. The first-order valence-electron chi connectivity index (χ1n) is 13.8. The smallest absolute Gasteiger partial charge is 0.340 e. The number of hydrogen-bond acceptors (Lipinski definition) is 8. The molecule has 1 aromatic carbocycles. The molecule has 6 atom stereocenters. The molecule has 8 heteroatoms. The molecule has 1 aromatic heterocycles. The van der Waals surface area contributed by atoms with Gasteiger partial charge in [0.05, 0.1) is 11.1 Å². The molecule has 2 heterocycles. The summed E-state index contributed by atoms with van der Waals surface area (Å²) < 4.78 is 17.5. The van der Waals surface area contributed by atoms with Crippen molar-refractivity contribution in [2.45, 2.75) is 58.3 Å². The van der Waals surface area contributed by atoms with Crippen LogP contribution in [0.15, 0.2) is 90.3 Å². The highest BCUT2D eigenvalue weighted by Crippen LogP contribution is 2.63. The van der Waals surface area contributed by atoms with Gasteiger partial charge in [-0.3, -0.25) is 4.98 Å². The van der Waals surface area contributed by atoms with Gasteiger partial charge in [0, 0.05) is 29.3 Å². The summed E-state index contributed by atoms with van der Waals surface area (Å²) in [6.07, 6.45) is 9.38. The maximum Gasteiger partial charge on any atom is 0.340 e. The maximum absolute atomic E-state index is 13.5. The van der Waals surface area contributed by atoms with Crippen molar-refractivity contribution in [3.8, 4) is 0 Å². The van der Waals surface area contributed by atoms with Gasteiger partial charge in [-0.05, 0) is 62.4 Å². The van der Waals surface area contributed by atoms with Gasteiger partial charge in [0.25, 0.3) is 0 Å². The number of cyclic esters (lactones) is 1. The van der Waals surface area contributed by atoms with Crippen molar-refractivity contribution < 1.29 is 33.7 Å². The minimum Gasteiger partial charge on any atom is -0.458 e. The van der Waals surface area contributed by atoms with E-state index < -0.39 is 46.5 Å². The average molecular weight is 558 g/mol. The average Bonchev–Trinajstić information content (AvgIpc) is 3.39. The van der Waals surface area contributed by atoms with Crippen LogP contribution in [0.25, 0.3) is 0 Å². The summed E-state index contributed by atoms with van der Waals surface area (Å²) in [5, 5.41) is 12.5. The number of nitrogens with zero attached hydrogens (tertiary/aromatic N) is 1. The summed E-state index contributed by atoms with van der Waals surface area (Å²) in [6.45, 7) is 7.71. The highest BCUT2D eigenvalue weighted by molar-refractivity contribution is 5.90. The Hall–Kier alpha value is -4.04. The lowest BCUT2D eigenvalue weighted by Crippen LogP contribution is -2.72. The third kappa shape index (κ3) is 4.90. The third-order valence-electron chi connectivity index (χ3n) is 9.42. The van der Waals surface area contributed by atoms with Gasteiger partial charge in [-0.2, -0.15) is 0 Å². The van der Waals surface area contributed by atoms with E-state index in [4.69, 9.17) is 14.2 Å². The number of pyridine rings is 1. The molecule has 0 radical (unpaired) electrons. The van der Waals surface area contributed by atoms with Crippen LogP contribution in [0.2, 0.25) is 0 Å². The topological polar surface area (TPSA) is 112 Å². The first kappa shape index (κ1) is 28.5. The van der Waals surface area contributed by atoms with E-state index in [1.807, 2.05) is 32.9 Å². The molecule has 0 saturated heterocycles. The molecule has 1 N–H and O–H groups in total. The summed E-state index contributed by atoms with van der Waals surface area (Å²) in [4.78, 5) is 42.7. The standard InChI is InChI=1S/C33H35NO7/c1-21-10-8-14-25-31(2,16-15-22-18-26(35)39-20-22)33(4,38)28(41-30(37)24-13-9-17-34-19-24)27(32(21,25)3)40-29(36)23-11-6-5-7-12-23/h5-7,9-13,15-19,25,27-28,38H,8,14,20H2,1-4H3/b16-15+/t25-,27+,28+,31-,32+,33+/m0/s1. The third-order valence-corrected chi connectivity index (χ3v) is 9.42. The van der Waals surface area contributed by atoms with Crippen molar-refractivity contribution in [3.05, 3.63) is 101 Å². The first-order valence-corrected chi connectivity index (χ1v) is 13.8. The zero-order chi connectivity index (χ0) is 29.4. The lowest BCUT2D eigenvalue weighted by atomic mass is 9.44. The van der Waals surface area contributed by atoms with Gasteiger partial charge in [0.2, 0.25) is 0 Å². The second-order valence-corrected chi connectivity index (χ2v) is 11.6. The van der Waals surface area contributed by atoms with Crippen LogP contribution < -0.4 is 0 Å². The summed E-state index contributed by atoms with van der Waals surface area (Å²) in [6, 6.07) is 11.8. The molecule has 3 aliphatic rings. The molecule has 5 rings (SSSR count). The molecular formula is C33H35NO7. The van der Waals surface area contributed by atoms with Gasteiger partial charge in [0.15, 0.2) is 12.2 Å². The number of aromatic nitrogens is 1. The van der Waals surface area contributed by atoms with E-state index in [2.05, 4.69) is 11.1 Å². The van der Waals surface area contributed by atoms with Crippen molar-refractivity contribution in [2.24, 2.45) is 16.7 Å². The van der Waals surface area contributed by atoms with Crippen LogP contribution >= 0.6 is 0 Å². The predicted octanol–water partition coefficient (Wildman–Crippen LogP) is 5.01. The van der Waals surface area contributed by atoms with Crippen molar-refractivity contribution >= 4 is 17.9 Å². The number of fused-ring (bicyclic) bond motifs is 1. The Morgan fingerprint density at radius 1 is 1.02 bits per heavy atom. The molecule has 41 heavy (non-hydrogen) atoms. The van der Waals surface area contributed by atoms with E-state index in [0.29, 0.717) is 17.6 Å². The van der Waals surface area contributed by atoms with Crippen LogP contribution in [0.5, 0.6) is 0 Å². The maximum atomic E-state index is 13.5. The van der Waals surface area contributed by atoms with E-state index >= 15 is 0 Å². The Morgan fingerprint density at radius 3 is 2.37 bits per heavy atom. The molecule has 2 aromatic rings. The van der Waals surface area contributed by atoms with E-state index in [1.54, 1.807) is 55.6 Å². The molecule has 0 amide bonds. The molecule has 0 unspecified atom stereocenters. The molecule has 0 bridgehead atoms. The number of ether oxygens (including phenoxy) is 3. The summed E-state index contributed by atoms with van der Waals surface area (Å²) in [5.74, 6) is -1.89.